The van der Waals surface area contributed by atoms with Crippen LogP contribution in [0.2, 0.25) is 0 Å². The Morgan fingerprint density at radius 3 is 2.64 bits per heavy atom. The van der Waals surface area contributed by atoms with Crippen molar-refractivity contribution < 1.29 is 23.1 Å². The molecule has 0 aromatic carbocycles. The summed E-state index contributed by atoms with van der Waals surface area (Å²) in [6.45, 7) is 0.0593. The Bertz CT molecular complexity index is 217. The Morgan fingerprint density at radius 1 is 1.50 bits per heavy atom. The first-order valence-corrected chi connectivity index (χ1v) is 4.41. The molecule has 14 heavy (non-hydrogen) atoms. The van der Waals surface area contributed by atoms with Crippen LogP contribution in [0.5, 0.6) is 0 Å². The third kappa shape index (κ3) is 2.87. The van der Waals surface area contributed by atoms with Crippen molar-refractivity contribution in [2.24, 2.45) is 0 Å². The van der Waals surface area contributed by atoms with Gasteiger partial charge in [0.1, 0.15) is 6.42 Å². The van der Waals surface area contributed by atoms with Crippen LogP contribution in [0.25, 0.3) is 0 Å². The Balaban J connectivity index is 2.52. The molecule has 1 fully saturated rings. The van der Waals surface area contributed by atoms with E-state index in [0.29, 0.717) is 19.4 Å². The normalized spacial score (nSPS) is 22.9. The number of nitrogens with zero attached hydrogens (tertiary/aromatic N) is 1. The van der Waals surface area contributed by atoms with E-state index in [1.54, 1.807) is 0 Å². The lowest BCUT2D eigenvalue weighted by molar-refractivity contribution is -0.162. The maximum atomic E-state index is 11.9. The van der Waals surface area contributed by atoms with E-state index in [2.05, 4.69) is 0 Å². The minimum atomic E-state index is -4.46. The molecule has 0 aliphatic carbocycles. The lowest BCUT2D eigenvalue weighted by Crippen LogP contribution is -2.39. The smallest absolute Gasteiger partial charge is 0.394 e. The van der Waals surface area contributed by atoms with Crippen molar-refractivity contribution in [2.75, 3.05) is 13.2 Å². The maximum Gasteiger partial charge on any atom is 0.397 e. The molecule has 0 radical (unpaired) electrons. The summed E-state index contributed by atoms with van der Waals surface area (Å²) in [5.41, 5.74) is 0. The molecule has 82 valence electrons. The first-order chi connectivity index (χ1) is 6.44. The van der Waals surface area contributed by atoms with Crippen molar-refractivity contribution in [1.82, 2.24) is 4.90 Å². The van der Waals surface area contributed by atoms with Crippen LogP contribution in [0.15, 0.2) is 0 Å². The third-order valence-electron chi connectivity index (χ3n) is 2.26. The van der Waals surface area contributed by atoms with Crippen LogP contribution in [0.4, 0.5) is 13.2 Å². The second-order valence-corrected chi connectivity index (χ2v) is 3.36. The largest absolute Gasteiger partial charge is 0.397 e. The Morgan fingerprint density at radius 2 is 2.14 bits per heavy atom. The number of aliphatic hydroxyl groups is 1. The molecule has 0 unspecified atom stereocenters. The first kappa shape index (κ1) is 11.3. The predicted molar refractivity (Wildman–Crippen MR) is 42.5 cm³/mol. The van der Waals surface area contributed by atoms with E-state index in [9.17, 15) is 18.0 Å². The number of aliphatic hydroxyl groups excluding tert-OH is 1. The van der Waals surface area contributed by atoms with Crippen molar-refractivity contribution in [3.05, 3.63) is 0 Å². The molecule has 1 rings (SSSR count). The van der Waals surface area contributed by atoms with Crippen molar-refractivity contribution >= 4 is 5.91 Å². The van der Waals surface area contributed by atoms with E-state index < -0.39 is 24.5 Å². The molecular formula is C8H12F3NO2. The van der Waals surface area contributed by atoms with Crippen LogP contribution in [0, 0.1) is 0 Å². The highest BCUT2D eigenvalue weighted by atomic mass is 19.4. The molecule has 6 heteroatoms. The van der Waals surface area contributed by atoms with Gasteiger partial charge in [0.25, 0.3) is 0 Å². The van der Waals surface area contributed by atoms with Crippen LogP contribution in [-0.2, 0) is 4.79 Å². The van der Waals surface area contributed by atoms with Crippen LogP contribution < -0.4 is 0 Å². The van der Waals surface area contributed by atoms with Gasteiger partial charge in [-0.05, 0) is 12.8 Å². The molecule has 1 atom stereocenters. The molecule has 1 saturated heterocycles. The van der Waals surface area contributed by atoms with Gasteiger partial charge >= 0.3 is 6.18 Å². The van der Waals surface area contributed by atoms with Crippen LogP contribution in [0.1, 0.15) is 19.3 Å². The van der Waals surface area contributed by atoms with Crippen molar-refractivity contribution in [3.8, 4) is 0 Å². The van der Waals surface area contributed by atoms with Crippen LogP contribution in [-0.4, -0.2) is 41.3 Å². The summed E-state index contributed by atoms with van der Waals surface area (Å²) in [6.07, 6.45) is -4.64. The molecule has 0 aromatic heterocycles. The fourth-order valence-corrected chi connectivity index (χ4v) is 1.63. The number of halogens is 3. The van der Waals surface area contributed by atoms with E-state index in [-0.39, 0.29) is 6.61 Å². The van der Waals surface area contributed by atoms with Gasteiger partial charge < -0.3 is 10.0 Å². The zero-order chi connectivity index (χ0) is 10.8. The standard InChI is InChI=1S/C8H12F3NO2/c9-8(10,11)4-7(14)12-3-1-2-6(12)5-13/h6,13H,1-5H2/t6-/m0/s1. The second-order valence-electron chi connectivity index (χ2n) is 3.36. The lowest BCUT2D eigenvalue weighted by atomic mass is 10.2. The monoisotopic (exact) mass is 211 g/mol. The lowest BCUT2D eigenvalue weighted by Gasteiger charge is -2.23. The van der Waals surface area contributed by atoms with Gasteiger partial charge in [0.2, 0.25) is 5.91 Å². The number of hydrogen-bond donors (Lipinski definition) is 1. The van der Waals surface area contributed by atoms with E-state index in [1.165, 1.54) is 0 Å². The average Bonchev–Trinajstić information content (AvgIpc) is 2.47. The van der Waals surface area contributed by atoms with E-state index in [0.717, 1.165) is 4.90 Å². The summed E-state index contributed by atoms with van der Waals surface area (Å²) >= 11 is 0. The molecule has 1 heterocycles. The molecule has 1 aliphatic heterocycles. The molecule has 1 N–H and O–H groups in total. The van der Waals surface area contributed by atoms with E-state index in [4.69, 9.17) is 5.11 Å². The zero-order valence-corrected chi connectivity index (χ0v) is 7.55. The van der Waals surface area contributed by atoms with E-state index in [1.807, 2.05) is 0 Å². The SMILES string of the molecule is O=C(CC(F)(F)F)N1CCC[C@H]1CO. The minimum absolute atomic E-state index is 0.260. The zero-order valence-electron chi connectivity index (χ0n) is 7.55. The fraction of sp³-hybridized carbons (Fsp3) is 0.875. The highest BCUT2D eigenvalue weighted by Gasteiger charge is 2.36. The molecule has 0 spiro atoms. The van der Waals surface area contributed by atoms with Crippen LogP contribution in [0.3, 0.4) is 0 Å². The number of carbonyl (C=O) groups is 1. The first-order valence-electron chi connectivity index (χ1n) is 4.41. The second kappa shape index (κ2) is 4.16. The summed E-state index contributed by atoms with van der Waals surface area (Å²) in [7, 11) is 0. The highest BCUT2D eigenvalue weighted by Crippen LogP contribution is 2.24. The van der Waals surface area contributed by atoms with Crippen molar-refractivity contribution in [2.45, 2.75) is 31.5 Å². The Hall–Kier alpha value is -0.780. The summed E-state index contributed by atoms with van der Waals surface area (Å²) in [4.78, 5) is 12.2. The van der Waals surface area contributed by atoms with Gasteiger partial charge in [-0.1, -0.05) is 0 Å². The molecular weight excluding hydrogens is 199 g/mol. The van der Waals surface area contributed by atoms with E-state index >= 15 is 0 Å². The van der Waals surface area contributed by atoms with Crippen molar-refractivity contribution in [3.63, 3.8) is 0 Å². The molecule has 0 saturated carbocycles. The Kier molecular flexibility index (Phi) is 3.36. The average molecular weight is 211 g/mol. The van der Waals surface area contributed by atoms with Gasteiger partial charge in [-0.2, -0.15) is 13.2 Å². The van der Waals surface area contributed by atoms with Gasteiger partial charge in [-0.25, -0.2) is 0 Å². The number of amides is 1. The number of carbonyl (C=O) groups excluding carboxylic acids is 1. The summed E-state index contributed by atoms with van der Waals surface area (Å²) in [5.74, 6) is -0.936. The number of rotatable bonds is 2. The van der Waals surface area contributed by atoms with Gasteiger partial charge in [0.05, 0.1) is 12.6 Å². The highest BCUT2D eigenvalue weighted by molar-refractivity contribution is 5.77. The Labute approximate surface area is 79.5 Å². The minimum Gasteiger partial charge on any atom is -0.394 e. The summed E-state index contributed by atoms with van der Waals surface area (Å²) in [6, 6.07) is -0.426. The maximum absolute atomic E-state index is 11.9. The molecule has 0 bridgehead atoms. The van der Waals surface area contributed by atoms with Gasteiger partial charge in [-0.3, -0.25) is 4.79 Å². The number of hydrogen-bond acceptors (Lipinski definition) is 2. The van der Waals surface area contributed by atoms with Gasteiger partial charge in [-0.15, -0.1) is 0 Å². The molecule has 1 aliphatic rings. The molecule has 1 amide bonds. The third-order valence-corrected chi connectivity index (χ3v) is 2.26. The predicted octanol–water partition coefficient (Wildman–Crippen LogP) is 0.922. The molecule has 0 aromatic rings. The molecule has 3 nitrogen and oxygen atoms in total. The quantitative estimate of drug-likeness (QED) is 0.737. The number of alkyl halides is 3. The van der Waals surface area contributed by atoms with Gasteiger partial charge in [0, 0.05) is 6.54 Å². The van der Waals surface area contributed by atoms with Crippen LogP contribution >= 0.6 is 0 Å². The summed E-state index contributed by atoms with van der Waals surface area (Å²) < 4.78 is 35.6. The van der Waals surface area contributed by atoms with Crippen molar-refractivity contribution in [1.29, 1.82) is 0 Å². The fourth-order valence-electron chi connectivity index (χ4n) is 1.63. The summed E-state index contributed by atoms with van der Waals surface area (Å²) in [5, 5.41) is 8.81. The van der Waals surface area contributed by atoms with Gasteiger partial charge in [0.15, 0.2) is 0 Å². The topological polar surface area (TPSA) is 40.5 Å². The number of likely N-dealkylation sites (tertiary alicyclic amines) is 1.